The number of benzene rings is 1. The van der Waals surface area contributed by atoms with Crippen molar-refractivity contribution in [1.82, 2.24) is 0 Å². The number of nitrogens with zero attached hydrogens (tertiary/aromatic N) is 1. The van der Waals surface area contributed by atoms with E-state index in [2.05, 4.69) is 23.5 Å². The van der Waals surface area contributed by atoms with Crippen LogP contribution in [0.25, 0.3) is 0 Å². The number of rotatable bonds is 2. The van der Waals surface area contributed by atoms with E-state index in [1.54, 1.807) is 0 Å². The van der Waals surface area contributed by atoms with Crippen molar-refractivity contribution in [3.63, 3.8) is 0 Å². The van der Waals surface area contributed by atoms with Crippen molar-refractivity contribution in [1.29, 1.82) is 0 Å². The van der Waals surface area contributed by atoms with E-state index in [-0.39, 0.29) is 5.97 Å². The van der Waals surface area contributed by atoms with E-state index in [1.807, 2.05) is 24.3 Å². The molecule has 3 nitrogen and oxygen atoms in total. The van der Waals surface area contributed by atoms with E-state index in [0.717, 1.165) is 13.1 Å². The molecule has 0 amide bonds. The Labute approximate surface area is 102 Å². The zero-order chi connectivity index (χ0) is 12.5. The first-order chi connectivity index (χ1) is 8.02. The molecule has 0 spiro atoms. The molecular weight excluding hydrogens is 214 g/mol. The zero-order valence-electron chi connectivity index (χ0n) is 10.7. The normalized spacial score (nSPS) is 18.2. The molecular formula is C14H19NO2. The zero-order valence-corrected chi connectivity index (χ0v) is 10.7. The molecule has 0 aromatic heterocycles. The Hall–Kier alpha value is -1.51. The number of anilines is 1. The fourth-order valence-electron chi connectivity index (χ4n) is 2.26. The van der Waals surface area contributed by atoms with E-state index in [4.69, 9.17) is 0 Å². The summed E-state index contributed by atoms with van der Waals surface area (Å²) in [5.74, 6) is -0.279. The summed E-state index contributed by atoms with van der Waals surface area (Å²) in [6.45, 7) is 6.74. The summed E-state index contributed by atoms with van der Waals surface area (Å²) in [5.41, 5.74) is 2.18. The minimum Gasteiger partial charge on any atom is -0.465 e. The van der Waals surface area contributed by atoms with Gasteiger partial charge in [0.2, 0.25) is 0 Å². The molecule has 3 heteroatoms. The molecule has 1 aliphatic rings. The number of methoxy groups -OCH3 is 1. The van der Waals surface area contributed by atoms with Crippen LogP contribution < -0.4 is 4.90 Å². The molecule has 0 N–H and O–H groups in total. The molecule has 1 fully saturated rings. The first-order valence-electron chi connectivity index (χ1n) is 5.95. The Morgan fingerprint density at radius 2 is 1.94 bits per heavy atom. The van der Waals surface area contributed by atoms with E-state index in [0.29, 0.717) is 11.0 Å². The third-order valence-corrected chi connectivity index (χ3v) is 3.33. The van der Waals surface area contributed by atoms with Crippen molar-refractivity contribution in [2.45, 2.75) is 20.3 Å². The maximum absolute atomic E-state index is 11.3. The van der Waals surface area contributed by atoms with Crippen molar-refractivity contribution in [2.75, 3.05) is 25.1 Å². The summed E-state index contributed by atoms with van der Waals surface area (Å²) in [7, 11) is 1.40. The smallest absolute Gasteiger partial charge is 0.337 e. The molecule has 1 aromatic rings. The summed E-state index contributed by atoms with van der Waals surface area (Å²) in [5, 5.41) is 0. The van der Waals surface area contributed by atoms with Gasteiger partial charge in [-0.3, -0.25) is 0 Å². The van der Waals surface area contributed by atoms with Crippen LogP contribution in [0.15, 0.2) is 24.3 Å². The van der Waals surface area contributed by atoms with E-state index in [1.165, 1.54) is 19.2 Å². The van der Waals surface area contributed by atoms with Gasteiger partial charge in [0.1, 0.15) is 0 Å². The molecule has 0 saturated carbocycles. The molecule has 17 heavy (non-hydrogen) atoms. The molecule has 0 bridgehead atoms. The number of carbonyl (C=O) groups excluding carboxylic acids is 1. The van der Waals surface area contributed by atoms with Crippen LogP contribution >= 0.6 is 0 Å². The van der Waals surface area contributed by atoms with E-state index < -0.39 is 0 Å². The van der Waals surface area contributed by atoms with Gasteiger partial charge in [-0.2, -0.15) is 0 Å². The van der Waals surface area contributed by atoms with Crippen molar-refractivity contribution in [3.8, 4) is 0 Å². The van der Waals surface area contributed by atoms with Gasteiger partial charge in [-0.25, -0.2) is 4.79 Å². The Bertz CT molecular complexity index is 409. The molecule has 1 heterocycles. The highest BCUT2D eigenvalue weighted by atomic mass is 16.5. The molecule has 0 radical (unpaired) electrons. The molecule has 0 aliphatic carbocycles. The predicted molar refractivity (Wildman–Crippen MR) is 68.4 cm³/mol. The van der Waals surface area contributed by atoms with Gasteiger partial charge >= 0.3 is 5.97 Å². The van der Waals surface area contributed by atoms with Crippen LogP contribution in [0.1, 0.15) is 30.6 Å². The van der Waals surface area contributed by atoms with Crippen LogP contribution in [0.3, 0.4) is 0 Å². The molecule has 0 atom stereocenters. The SMILES string of the molecule is COC(=O)c1ccc(N2CCC(C)(C)C2)cc1. The first-order valence-corrected chi connectivity index (χ1v) is 5.95. The van der Waals surface area contributed by atoms with Gasteiger partial charge in [-0.1, -0.05) is 13.8 Å². The van der Waals surface area contributed by atoms with Gasteiger partial charge in [0, 0.05) is 18.8 Å². The van der Waals surface area contributed by atoms with Crippen LogP contribution in [0.4, 0.5) is 5.69 Å². The maximum Gasteiger partial charge on any atom is 0.337 e. The lowest BCUT2D eigenvalue weighted by Crippen LogP contribution is -2.22. The Morgan fingerprint density at radius 3 is 2.41 bits per heavy atom. The largest absolute Gasteiger partial charge is 0.465 e. The lowest BCUT2D eigenvalue weighted by molar-refractivity contribution is 0.0601. The van der Waals surface area contributed by atoms with Gasteiger partial charge < -0.3 is 9.64 Å². The fourth-order valence-corrected chi connectivity index (χ4v) is 2.26. The molecule has 1 saturated heterocycles. The third-order valence-electron chi connectivity index (χ3n) is 3.33. The van der Waals surface area contributed by atoms with Crippen molar-refractivity contribution >= 4 is 11.7 Å². The minimum atomic E-state index is -0.279. The van der Waals surface area contributed by atoms with E-state index in [9.17, 15) is 4.79 Å². The van der Waals surface area contributed by atoms with Gasteiger partial charge in [0.25, 0.3) is 0 Å². The van der Waals surface area contributed by atoms with Gasteiger partial charge in [-0.15, -0.1) is 0 Å². The standard InChI is InChI=1S/C14H19NO2/c1-14(2)8-9-15(10-14)12-6-4-11(5-7-12)13(16)17-3/h4-7H,8-10H2,1-3H3. The van der Waals surface area contributed by atoms with Crippen LogP contribution in [-0.4, -0.2) is 26.2 Å². The number of ether oxygens (including phenoxy) is 1. The molecule has 1 aliphatic heterocycles. The number of hydrogen-bond donors (Lipinski definition) is 0. The third kappa shape index (κ3) is 2.60. The summed E-state index contributed by atoms with van der Waals surface area (Å²) in [6, 6.07) is 7.64. The van der Waals surface area contributed by atoms with Crippen molar-refractivity contribution in [2.24, 2.45) is 5.41 Å². The topological polar surface area (TPSA) is 29.5 Å². The molecule has 0 unspecified atom stereocenters. The molecule has 2 rings (SSSR count). The maximum atomic E-state index is 11.3. The van der Waals surface area contributed by atoms with Crippen LogP contribution in [0.2, 0.25) is 0 Å². The van der Waals surface area contributed by atoms with Gasteiger partial charge in [0.15, 0.2) is 0 Å². The van der Waals surface area contributed by atoms with Gasteiger partial charge in [-0.05, 0) is 36.1 Å². The van der Waals surface area contributed by atoms with E-state index >= 15 is 0 Å². The average Bonchev–Trinajstić information content (AvgIpc) is 2.69. The molecule has 92 valence electrons. The highest BCUT2D eigenvalue weighted by molar-refractivity contribution is 5.89. The molecule has 1 aromatic carbocycles. The summed E-state index contributed by atoms with van der Waals surface area (Å²) < 4.78 is 4.68. The Kier molecular flexibility index (Phi) is 3.09. The fraction of sp³-hybridized carbons (Fsp3) is 0.500. The second-order valence-corrected chi connectivity index (χ2v) is 5.37. The first kappa shape index (κ1) is 12.0. The number of carbonyl (C=O) groups is 1. The Morgan fingerprint density at radius 1 is 1.29 bits per heavy atom. The van der Waals surface area contributed by atoms with Crippen LogP contribution in [-0.2, 0) is 4.74 Å². The highest BCUT2D eigenvalue weighted by Crippen LogP contribution is 2.32. The number of hydrogen-bond acceptors (Lipinski definition) is 3. The summed E-state index contributed by atoms with van der Waals surface area (Å²) in [6.07, 6.45) is 1.21. The monoisotopic (exact) mass is 233 g/mol. The van der Waals surface area contributed by atoms with Crippen LogP contribution in [0.5, 0.6) is 0 Å². The highest BCUT2D eigenvalue weighted by Gasteiger charge is 2.29. The van der Waals surface area contributed by atoms with Crippen molar-refractivity contribution in [3.05, 3.63) is 29.8 Å². The second-order valence-electron chi connectivity index (χ2n) is 5.37. The van der Waals surface area contributed by atoms with Crippen molar-refractivity contribution < 1.29 is 9.53 Å². The lowest BCUT2D eigenvalue weighted by Gasteiger charge is -2.21. The predicted octanol–water partition coefficient (Wildman–Crippen LogP) is 2.71. The lowest BCUT2D eigenvalue weighted by atomic mass is 9.93. The Balaban J connectivity index is 2.11. The van der Waals surface area contributed by atoms with Gasteiger partial charge in [0.05, 0.1) is 12.7 Å². The summed E-state index contributed by atoms with van der Waals surface area (Å²) in [4.78, 5) is 13.7. The quantitative estimate of drug-likeness (QED) is 0.736. The van der Waals surface area contributed by atoms with Crippen LogP contribution in [0, 0.1) is 5.41 Å². The average molecular weight is 233 g/mol. The minimum absolute atomic E-state index is 0.279. The second kappa shape index (κ2) is 4.40. The summed E-state index contributed by atoms with van der Waals surface area (Å²) >= 11 is 0. The number of esters is 1.